The van der Waals surface area contributed by atoms with E-state index >= 15 is 0 Å². The van der Waals surface area contributed by atoms with Crippen molar-refractivity contribution in [3.63, 3.8) is 0 Å². The molecule has 3 aromatic rings. The van der Waals surface area contributed by atoms with Crippen LogP contribution in [0.3, 0.4) is 0 Å². The number of fused-ring (bicyclic) bond motifs is 1. The number of carboxylic acids is 1. The van der Waals surface area contributed by atoms with Crippen molar-refractivity contribution < 1.29 is 9.90 Å². The molecule has 8 heteroatoms. The molecular weight excluding hydrogens is 374 g/mol. The molecule has 1 N–H and O–H groups in total. The van der Waals surface area contributed by atoms with Gasteiger partial charge in [-0.3, -0.25) is 9.78 Å². The summed E-state index contributed by atoms with van der Waals surface area (Å²) in [4.78, 5) is 29.2. The van der Waals surface area contributed by atoms with Crippen molar-refractivity contribution >= 4 is 28.8 Å². The van der Waals surface area contributed by atoms with E-state index in [1.54, 1.807) is 20.0 Å². The number of aromatic nitrogens is 5. The van der Waals surface area contributed by atoms with Gasteiger partial charge in [0, 0.05) is 30.1 Å². The van der Waals surface area contributed by atoms with Crippen molar-refractivity contribution in [1.82, 2.24) is 24.5 Å². The zero-order valence-electron chi connectivity index (χ0n) is 16.8. The van der Waals surface area contributed by atoms with Crippen LogP contribution in [-0.4, -0.2) is 41.3 Å². The normalized spacial score (nSPS) is 12.1. The largest absolute Gasteiger partial charge is 0.481 e. The van der Waals surface area contributed by atoms with Gasteiger partial charge in [-0.15, -0.1) is 0 Å². The Bertz CT molecular complexity index is 1010. The monoisotopic (exact) mass is 399 g/mol. The number of carboxylic acid groups (broad SMARTS) is 1. The number of aliphatic carboxylic acids is 1. The Morgan fingerprint density at radius 3 is 2.68 bits per heavy atom. The second-order valence-electron chi connectivity index (χ2n) is 7.77. The third-order valence-corrected chi connectivity index (χ3v) is 5.84. The molecule has 0 spiro atoms. The molecule has 7 nitrogen and oxygen atoms in total. The molecule has 0 saturated heterocycles. The predicted octanol–water partition coefficient (Wildman–Crippen LogP) is 3.90. The molecule has 0 amide bonds. The van der Waals surface area contributed by atoms with E-state index in [2.05, 4.69) is 44.4 Å². The SMILES string of the molecule is Cc1nc2cnc(Cc3ccnc(SCC(C)(C)C(=O)O)n3)cc2n1C(C)C. The number of thioether (sulfide) groups is 1. The lowest BCUT2D eigenvalue weighted by molar-refractivity contribution is -0.145. The number of imidazole rings is 1. The van der Waals surface area contributed by atoms with Gasteiger partial charge < -0.3 is 9.67 Å². The van der Waals surface area contributed by atoms with Gasteiger partial charge in [0.1, 0.15) is 11.3 Å². The summed E-state index contributed by atoms with van der Waals surface area (Å²) in [6.07, 6.45) is 4.10. The van der Waals surface area contributed by atoms with Crippen molar-refractivity contribution in [2.75, 3.05) is 5.75 Å². The van der Waals surface area contributed by atoms with Crippen LogP contribution in [0.5, 0.6) is 0 Å². The molecule has 0 atom stereocenters. The van der Waals surface area contributed by atoms with Gasteiger partial charge in [0.15, 0.2) is 5.16 Å². The van der Waals surface area contributed by atoms with Gasteiger partial charge in [-0.1, -0.05) is 11.8 Å². The average Bonchev–Trinajstić information content (AvgIpc) is 2.95. The summed E-state index contributed by atoms with van der Waals surface area (Å²) < 4.78 is 2.20. The molecule has 0 bridgehead atoms. The predicted molar refractivity (Wildman–Crippen MR) is 110 cm³/mol. The lowest BCUT2D eigenvalue weighted by Crippen LogP contribution is -2.26. The summed E-state index contributed by atoms with van der Waals surface area (Å²) >= 11 is 1.36. The van der Waals surface area contributed by atoms with Crippen LogP contribution in [-0.2, 0) is 11.2 Å². The van der Waals surface area contributed by atoms with Gasteiger partial charge >= 0.3 is 5.97 Å². The number of pyridine rings is 1. The van der Waals surface area contributed by atoms with Crippen molar-refractivity contribution in [2.45, 2.75) is 52.2 Å². The van der Waals surface area contributed by atoms with E-state index in [-0.39, 0.29) is 0 Å². The van der Waals surface area contributed by atoms with Crippen LogP contribution in [0.25, 0.3) is 11.0 Å². The fraction of sp³-hybridized carbons (Fsp3) is 0.450. The molecule has 0 fully saturated rings. The maximum atomic E-state index is 11.3. The molecule has 0 aliphatic heterocycles. The first-order valence-electron chi connectivity index (χ1n) is 9.19. The van der Waals surface area contributed by atoms with Gasteiger partial charge in [-0.05, 0) is 46.8 Å². The van der Waals surface area contributed by atoms with E-state index in [1.807, 2.05) is 19.2 Å². The highest BCUT2D eigenvalue weighted by Crippen LogP contribution is 2.26. The van der Waals surface area contributed by atoms with E-state index in [1.165, 1.54) is 11.8 Å². The van der Waals surface area contributed by atoms with Crippen LogP contribution in [0.15, 0.2) is 29.7 Å². The summed E-state index contributed by atoms with van der Waals surface area (Å²) in [5, 5.41) is 9.83. The molecular formula is C20H25N5O2S. The Morgan fingerprint density at radius 2 is 2.00 bits per heavy atom. The van der Waals surface area contributed by atoms with Crippen LogP contribution in [0.2, 0.25) is 0 Å². The highest BCUT2D eigenvalue weighted by molar-refractivity contribution is 7.99. The summed E-state index contributed by atoms with van der Waals surface area (Å²) in [5.41, 5.74) is 2.90. The first-order valence-corrected chi connectivity index (χ1v) is 10.2. The van der Waals surface area contributed by atoms with Gasteiger partial charge in [0.2, 0.25) is 0 Å². The maximum Gasteiger partial charge on any atom is 0.309 e. The Labute approximate surface area is 168 Å². The molecule has 0 aromatic carbocycles. The fourth-order valence-corrected chi connectivity index (χ4v) is 3.88. The number of carbonyl (C=O) groups is 1. The summed E-state index contributed by atoms with van der Waals surface area (Å²) in [6.45, 7) is 9.68. The van der Waals surface area contributed by atoms with Gasteiger partial charge in [0.05, 0.1) is 22.8 Å². The Morgan fingerprint density at radius 1 is 1.25 bits per heavy atom. The molecule has 148 valence electrons. The molecule has 0 radical (unpaired) electrons. The number of hydrogen-bond donors (Lipinski definition) is 1. The molecule has 3 aromatic heterocycles. The van der Waals surface area contributed by atoms with Crippen LogP contribution in [0.1, 0.15) is 50.9 Å². The van der Waals surface area contributed by atoms with E-state index in [0.717, 1.165) is 28.2 Å². The van der Waals surface area contributed by atoms with Crippen LogP contribution in [0, 0.1) is 12.3 Å². The maximum absolute atomic E-state index is 11.3. The Hall–Kier alpha value is -2.48. The number of nitrogens with zero attached hydrogens (tertiary/aromatic N) is 5. The average molecular weight is 400 g/mol. The van der Waals surface area contributed by atoms with Crippen molar-refractivity contribution in [1.29, 1.82) is 0 Å². The van der Waals surface area contributed by atoms with Crippen molar-refractivity contribution in [3.8, 4) is 0 Å². The molecule has 0 aliphatic carbocycles. The van der Waals surface area contributed by atoms with Crippen LogP contribution < -0.4 is 0 Å². The first-order chi connectivity index (χ1) is 13.2. The minimum atomic E-state index is -0.830. The molecule has 0 saturated carbocycles. The Balaban J connectivity index is 1.80. The zero-order valence-corrected chi connectivity index (χ0v) is 17.6. The quantitative estimate of drug-likeness (QED) is 0.475. The summed E-state index contributed by atoms with van der Waals surface area (Å²) in [5.74, 6) is 0.555. The molecule has 3 heterocycles. The fourth-order valence-electron chi connectivity index (χ4n) is 2.95. The van der Waals surface area contributed by atoms with Gasteiger partial charge in [-0.25, -0.2) is 15.0 Å². The van der Waals surface area contributed by atoms with Gasteiger partial charge in [-0.2, -0.15) is 0 Å². The van der Waals surface area contributed by atoms with E-state index in [4.69, 9.17) is 0 Å². The second-order valence-corrected chi connectivity index (χ2v) is 8.71. The molecule has 0 aliphatic rings. The molecule has 0 unspecified atom stereocenters. The van der Waals surface area contributed by atoms with Crippen LogP contribution >= 0.6 is 11.8 Å². The van der Waals surface area contributed by atoms with E-state index < -0.39 is 11.4 Å². The first kappa shape index (κ1) is 20.3. The number of hydrogen-bond acceptors (Lipinski definition) is 6. The number of rotatable bonds is 7. The lowest BCUT2D eigenvalue weighted by atomic mass is 9.97. The summed E-state index contributed by atoms with van der Waals surface area (Å²) in [7, 11) is 0. The van der Waals surface area contributed by atoms with Crippen molar-refractivity contribution in [3.05, 3.63) is 41.7 Å². The minimum Gasteiger partial charge on any atom is -0.481 e. The van der Waals surface area contributed by atoms with E-state index in [9.17, 15) is 9.90 Å². The molecule has 28 heavy (non-hydrogen) atoms. The Kier molecular flexibility index (Phi) is 5.69. The van der Waals surface area contributed by atoms with E-state index in [0.29, 0.717) is 23.4 Å². The third-order valence-electron chi connectivity index (χ3n) is 4.52. The highest BCUT2D eigenvalue weighted by Gasteiger charge is 2.27. The van der Waals surface area contributed by atoms with Crippen molar-refractivity contribution in [2.24, 2.45) is 5.41 Å². The lowest BCUT2D eigenvalue weighted by Gasteiger charge is -2.17. The van der Waals surface area contributed by atoms with Crippen LogP contribution in [0.4, 0.5) is 0 Å². The zero-order chi connectivity index (χ0) is 20.5. The minimum absolute atomic E-state index is 0.319. The second kappa shape index (κ2) is 7.87. The number of aryl methyl sites for hydroxylation is 1. The molecule has 3 rings (SSSR count). The van der Waals surface area contributed by atoms with Gasteiger partial charge in [0.25, 0.3) is 0 Å². The summed E-state index contributed by atoms with van der Waals surface area (Å²) in [6, 6.07) is 4.25. The topological polar surface area (TPSA) is 93.8 Å². The standard InChI is InChI=1S/C20H25N5O2S/c1-12(2)25-13(3)23-16-10-22-15(9-17(16)25)8-14-6-7-21-19(24-14)28-11-20(4,5)18(26)27/h6-7,9-10,12H,8,11H2,1-5H3,(H,26,27). The highest BCUT2D eigenvalue weighted by atomic mass is 32.2. The smallest absolute Gasteiger partial charge is 0.309 e. The third kappa shape index (κ3) is 4.32.